The van der Waals surface area contributed by atoms with Crippen molar-refractivity contribution in [2.75, 3.05) is 0 Å². The van der Waals surface area contributed by atoms with Crippen LogP contribution in [0.1, 0.15) is 18.5 Å². The highest BCUT2D eigenvalue weighted by Gasteiger charge is 2.24. The average Bonchev–Trinajstić information content (AvgIpc) is 2.46. The van der Waals surface area contributed by atoms with Crippen LogP contribution in [-0.4, -0.2) is 15.0 Å². The SMILES string of the molecule is CC(NS(=O)(=O)c1ccccc1OC(F)F)c1ccc(Cl)cc1Cl. The predicted octanol–water partition coefficient (Wildman–Crippen LogP) is 4.63. The smallest absolute Gasteiger partial charge is 0.387 e. The van der Waals surface area contributed by atoms with Gasteiger partial charge in [-0.15, -0.1) is 0 Å². The summed E-state index contributed by atoms with van der Waals surface area (Å²) in [5, 5.41) is 0.698. The summed E-state index contributed by atoms with van der Waals surface area (Å²) in [7, 11) is -4.11. The molecule has 0 saturated carbocycles. The van der Waals surface area contributed by atoms with E-state index in [0.29, 0.717) is 10.6 Å². The normalized spacial score (nSPS) is 13.1. The molecule has 0 amide bonds. The highest BCUT2D eigenvalue weighted by molar-refractivity contribution is 7.89. The van der Waals surface area contributed by atoms with E-state index in [0.717, 1.165) is 6.07 Å². The lowest BCUT2D eigenvalue weighted by Gasteiger charge is -2.17. The summed E-state index contributed by atoms with van der Waals surface area (Å²) >= 11 is 11.9. The second-order valence-electron chi connectivity index (χ2n) is 4.83. The van der Waals surface area contributed by atoms with Crippen molar-refractivity contribution in [2.24, 2.45) is 0 Å². The topological polar surface area (TPSA) is 55.4 Å². The molecule has 0 saturated heterocycles. The third-order valence-electron chi connectivity index (χ3n) is 3.12. The number of nitrogens with one attached hydrogen (secondary N) is 1. The van der Waals surface area contributed by atoms with Crippen LogP contribution in [0.2, 0.25) is 10.0 Å². The molecule has 0 fully saturated rings. The van der Waals surface area contributed by atoms with Gasteiger partial charge in [-0.1, -0.05) is 41.4 Å². The Bertz CT molecular complexity index is 831. The van der Waals surface area contributed by atoms with Crippen LogP contribution in [0.5, 0.6) is 5.75 Å². The van der Waals surface area contributed by atoms with Crippen LogP contribution in [0, 0.1) is 0 Å². The number of benzene rings is 2. The number of hydrogen-bond donors (Lipinski definition) is 1. The minimum absolute atomic E-state index is 0.287. The molecule has 0 aliphatic carbocycles. The van der Waals surface area contributed by atoms with Gasteiger partial charge >= 0.3 is 6.61 Å². The van der Waals surface area contributed by atoms with Crippen molar-refractivity contribution in [3.8, 4) is 5.75 Å². The number of sulfonamides is 1. The van der Waals surface area contributed by atoms with Crippen molar-refractivity contribution in [3.63, 3.8) is 0 Å². The molecule has 2 aromatic rings. The Balaban J connectivity index is 2.31. The van der Waals surface area contributed by atoms with Crippen molar-refractivity contribution in [3.05, 3.63) is 58.1 Å². The number of para-hydroxylation sites is 1. The highest BCUT2D eigenvalue weighted by atomic mass is 35.5. The molecule has 0 bridgehead atoms. The molecule has 0 spiro atoms. The van der Waals surface area contributed by atoms with Gasteiger partial charge in [0.1, 0.15) is 10.6 Å². The molecule has 0 aliphatic rings. The summed E-state index contributed by atoms with van der Waals surface area (Å²) in [6.07, 6.45) is 0. The quantitative estimate of drug-likeness (QED) is 0.775. The van der Waals surface area contributed by atoms with Crippen LogP contribution in [0.25, 0.3) is 0 Å². The number of hydrogen-bond acceptors (Lipinski definition) is 3. The van der Waals surface area contributed by atoms with Gasteiger partial charge in [-0.2, -0.15) is 8.78 Å². The summed E-state index contributed by atoms with van der Waals surface area (Å²) in [6.45, 7) is -1.56. The molecule has 1 atom stereocenters. The second kappa shape index (κ2) is 7.65. The zero-order valence-electron chi connectivity index (χ0n) is 12.3. The minimum Gasteiger partial charge on any atom is -0.433 e. The zero-order valence-corrected chi connectivity index (χ0v) is 14.7. The van der Waals surface area contributed by atoms with Crippen LogP contribution in [0.15, 0.2) is 47.4 Å². The third kappa shape index (κ3) is 4.57. The van der Waals surface area contributed by atoms with Gasteiger partial charge in [-0.05, 0) is 36.8 Å². The molecule has 1 unspecified atom stereocenters. The zero-order chi connectivity index (χ0) is 17.9. The van der Waals surface area contributed by atoms with Crippen molar-refractivity contribution in [2.45, 2.75) is 24.5 Å². The van der Waals surface area contributed by atoms with Gasteiger partial charge in [0.25, 0.3) is 0 Å². The summed E-state index contributed by atoms with van der Waals surface area (Å²) in [5.74, 6) is -0.436. The van der Waals surface area contributed by atoms with E-state index >= 15 is 0 Å². The van der Waals surface area contributed by atoms with E-state index < -0.39 is 28.4 Å². The third-order valence-corrected chi connectivity index (χ3v) is 5.26. The Morgan fingerprint density at radius 2 is 1.79 bits per heavy atom. The first-order valence-corrected chi connectivity index (χ1v) is 8.95. The van der Waals surface area contributed by atoms with E-state index in [1.807, 2.05) is 0 Å². The van der Waals surface area contributed by atoms with Gasteiger partial charge in [-0.25, -0.2) is 13.1 Å². The molecule has 0 aliphatic heterocycles. The molecule has 0 aromatic heterocycles. The summed E-state index contributed by atoms with van der Waals surface area (Å²) < 4.78 is 56.5. The molecule has 0 heterocycles. The molecule has 24 heavy (non-hydrogen) atoms. The van der Waals surface area contributed by atoms with Crippen LogP contribution < -0.4 is 9.46 Å². The van der Waals surface area contributed by atoms with E-state index in [9.17, 15) is 17.2 Å². The highest BCUT2D eigenvalue weighted by Crippen LogP contribution is 2.29. The lowest BCUT2D eigenvalue weighted by Crippen LogP contribution is -2.27. The van der Waals surface area contributed by atoms with Crippen molar-refractivity contribution in [1.29, 1.82) is 0 Å². The maximum atomic E-state index is 12.5. The van der Waals surface area contributed by atoms with E-state index in [2.05, 4.69) is 9.46 Å². The molecule has 2 aromatic carbocycles. The summed E-state index contributed by atoms with van der Waals surface area (Å²) in [5.41, 5.74) is 0.497. The average molecular weight is 396 g/mol. The number of ether oxygens (including phenoxy) is 1. The fourth-order valence-corrected chi connectivity index (χ4v) is 4.01. The van der Waals surface area contributed by atoms with E-state index in [4.69, 9.17) is 23.2 Å². The van der Waals surface area contributed by atoms with Gasteiger partial charge in [0.05, 0.1) is 0 Å². The Kier molecular flexibility index (Phi) is 6.03. The fourth-order valence-electron chi connectivity index (χ4n) is 2.08. The molecule has 9 heteroatoms. The van der Waals surface area contributed by atoms with Crippen LogP contribution in [0.3, 0.4) is 0 Å². The summed E-state index contributed by atoms with van der Waals surface area (Å²) in [6, 6.07) is 9.07. The first-order valence-electron chi connectivity index (χ1n) is 6.72. The van der Waals surface area contributed by atoms with Gasteiger partial charge in [0, 0.05) is 16.1 Å². The largest absolute Gasteiger partial charge is 0.433 e. The fraction of sp³-hybridized carbons (Fsp3) is 0.200. The Morgan fingerprint density at radius 1 is 1.12 bits per heavy atom. The molecule has 0 radical (unpaired) electrons. The maximum absolute atomic E-state index is 12.5. The number of rotatable bonds is 6. The Morgan fingerprint density at radius 3 is 2.42 bits per heavy atom. The number of alkyl halides is 2. The molecule has 130 valence electrons. The van der Waals surface area contributed by atoms with Gasteiger partial charge in [0.15, 0.2) is 0 Å². The minimum atomic E-state index is -4.11. The standard InChI is InChI=1S/C15H13Cl2F2NO3S/c1-9(11-7-6-10(16)8-12(11)17)20-24(21,22)14-5-3-2-4-13(14)23-15(18)19/h2-9,15,20H,1H3. The molecular formula is C15H13Cl2F2NO3S. The van der Waals surface area contributed by atoms with Gasteiger partial charge in [0.2, 0.25) is 10.0 Å². The second-order valence-corrected chi connectivity index (χ2v) is 7.36. The molecule has 4 nitrogen and oxygen atoms in total. The Labute approximate surface area is 148 Å². The van der Waals surface area contributed by atoms with Crippen LogP contribution in [-0.2, 0) is 10.0 Å². The van der Waals surface area contributed by atoms with E-state index in [1.54, 1.807) is 19.1 Å². The van der Waals surface area contributed by atoms with E-state index in [1.165, 1.54) is 24.3 Å². The first kappa shape index (κ1) is 18.9. The van der Waals surface area contributed by atoms with Crippen LogP contribution >= 0.6 is 23.2 Å². The van der Waals surface area contributed by atoms with Gasteiger partial charge in [-0.3, -0.25) is 0 Å². The molecule has 1 N–H and O–H groups in total. The van der Waals surface area contributed by atoms with Crippen LogP contribution in [0.4, 0.5) is 8.78 Å². The Hall–Kier alpha value is -1.41. The molecule has 2 rings (SSSR count). The first-order chi connectivity index (χ1) is 11.2. The maximum Gasteiger partial charge on any atom is 0.387 e. The molecular weight excluding hydrogens is 383 g/mol. The predicted molar refractivity (Wildman–Crippen MR) is 88.3 cm³/mol. The lowest BCUT2D eigenvalue weighted by atomic mass is 10.1. The van der Waals surface area contributed by atoms with Crippen molar-refractivity contribution in [1.82, 2.24) is 4.72 Å². The lowest BCUT2D eigenvalue weighted by molar-refractivity contribution is -0.0517. The number of halogens is 4. The van der Waals surface area contributed by atoms with Crippen molar-refractivity contribution < 1.29 is 21.9 Å². The van der Waals surface area contributed by atoms with Gasteiger partial charge < -0.3 is 4.74 Å². The summed E-state index contributed by atoms with van der Waals surface area (Å²) in [4.78, 5) is -0.387. The van der Waals surface area contributed by atoms with Crippen molar-refractivity contribution >= 4 is 33.2 Å². The van der Waals surface area contributed by atoms with E-state index in [-0.39, 0.29) is 9.92 Å². The monoisotopic (exact) mass is 395 g/mol.